The Labute approximate surface area is 143 Å². The Morgan fingerprint density at radius 3 is 2.21 bits per heavy atom. The molecule has 2 rings (SSSR count). The molecule has 0 heterocycles. The Hall–Kier alpha value is -2.77. The van der Waals surface area contributed by atoms with Crippen LogP contribution in [0.5, 0.6) is 5.75 Å². The highest BCUT2D eigenvalue weighted by molar-refractivity contribution is 6.32. The average Bonchev–Trinajstić information content (AvgIpc) is 2.51. The number of nitrogens with two attached hydrogens (primary N) is 2. The molecule has 24 heavy (non-hydrogen) atoms. The lowest BCUT2D eigenvalue weighted by atomic mass is 10.1. The van der Waals surface area contributed by atoms with Gasteiger partial charge in [0, 0.05) is 5.69 Å². The van der Waals surface area contributed by atoms with Crippen molar-refractivity contribution in [3.05, 3.63) is 58.6 Å². The highest BCUT2D eigenvalue weighted by atomic mass is 35.5. The maximum absolute atomic E-state index is 10.4. The van der Waals surface area contributed by atoms with Gasteiger partial charge in [0.25, 0.3) is 0 Å². The van der Waals surface area contributed by atoms with Crippen LogP contribution in [0.1, 0.15) is 15.9 Å². The molecular formula is C16H17ClN2O5. The monoisotopic (exact) mass is 352 g/mol. The molecule has 8 heteroatoms. The number of carboxylic acids is 2. The Morgan fingerprint density at radius 1 is 1.12 bits per heavy atom. The molecule has 0 bridgehead atoms. The van der Waals surface area contributed by atoms with Crippen molar-refractivity contribution in [3.8, 4) is 5.75 Å². The van der Waals surface area contributed by atoms with E-state index in [0.29, 0.717) is 11.3 Å². The number of hydrogen-bond acceptors (Lipinski definition) is 5. The molecule has 7 N–H and O–H groups in total. The summed E-state index contributed by atoms with van der Waals surface area (Å²) in [6.45, 7) is 0. The summed E-state index contributed by atoms with van der Waals surface area (Å²) in [6.07, 6.45) is 0.190. The Bertz CT molecular complexity index is 736. The van der Waals surface area contributed by atoms with Crippen molar-refractivity contribution < 1.29 is 24.9 Å². The molecule has 0 amide bonds. The number of aromatic hydroxyl groups is 1. The number of carboxylic acid groups (broad SMARTS) is 2. The van der Waals surface area contributed by atoms with E-state index >= 15 is 0 Å². The minimum absolute atomic E-state index is 0.0284. The van der Waals surface area contributed by atoms with Gasteiger partial charge in [-0.2, -0.15) is 0 Å². The first-order valence-corrected chi connectivity index (χ1v) is 7.13. The van der Waals surface area contributed by atoms with E-state index in [1.807, 2.05) is 0 Å². The molecule has 0 spiro atoms. The zero-order valence-corrected chi connectivity index (χ0v) is 13.3. The quantitative estimate of drug-likeness (QED) is 0.528. The largest absolute Gasteiger partial charge is 0.506 e. The summed E-state index contributed by atoms with van der Waals surface area (Å²) in [5.74, 6) is -2.08. The van der Waals surface area contributed by atoms with E-state index < -0.39 is 18.0 Å². The molecule has 0 aliphatic rings. The molecule has 0 unspecified atom stereocenters. The predicted octanol–water partition coefficient (Wildman–Crippen LogP) is 1.97. The number of carbonyl (C=O) groups is 2. The molecule has 2 aromatic rings. The van der Waals surface area contributed by atoms with Gasteiger partial charge < -0.3 is 26.8 Å². The summed E-state index contributed by atoms with van der Waals surface area (Å²) in [5, 5.41) is 26.3. The van der Waals surface area contributed by atoms with Gasteiger partial charge in [-0.05, 0) is 36.2 Å². The Morgan fingerprint density at radius 2 is 1.75 bits per heavy atom. The van der Waals surface area contributed by atoms with Gasteiger partial charge >= 0.3 is 11.9 Å². The highest BCUT2D eigenvalue weighted by Crippen LogP contribution is 2.24. The number of anilines is 1. The average molecular weight is 353 g/mol. The van der Waals surface area contributed by atoms with E-state index in [2.05, 4.69) is 0 Å². The molecule has 0 fully saturated rings. The first-order chi connectivity index (χ1) is 11.2. The number of para-hydroxylation sites is 1. The molecule has 1 atom stereocenters. The van der Waals surface area contributed by atoms with Crippen molar-refractivity contribution >= 4 is 29.2 Å². The number of halogens is 1. The van der Waals surface area contributed by atoms with E-state index in [4.69, 9.17) is 38.4 Å². The van der Waals surface area contributed by atoms with Crippen molar-refractivity contribution in [1.82, 2.24) is 0 Å². The second kappa shape index (κ2) is 8.76. The van der Waals surface area contributed by atoms with Crippen LogP contribution in [0.25, 0.3) is 0 Å². The third kappa shape index (κ3) is 5.79. The van der Waals surface area contributed by atoms with Crippen LogP contribution in [0, 0.1) is 0 Å². The summed E-state index contributed by atoms with van der Waals surface area (Å²) in [7, 11) is 0. The predicted molar refractivity (Wildman–Crippen MR) is 90.2 cm³/mol. The number of phenolic OH excluding ortho intramolecular Hbond substituents is 1. The van der Waals surface area contributed by atoms with Crippen LogP contribution in [0.15, 0.2) is 42.5 Å². The number of nitrogen functional groups attached to an aromatic ring is 1. The first-order valence-electron chi connectivity index (χ1n) is 6.76. The van der Waals surface area contributed by atoms with Gasteiger partial charge in [0.15, 0.2) is 0 Å². The number of aliphatic carboxylic acids is 1. The molecule has 128 valence electrons. The second-order valence-electron chi connectivity index (χ2n) is 4.83. The standard InChI is InChI=1S/C9H10ClNO3.C7H7NO2/c10-6-3-5(1-2-8(6)12)4-7(11)9(13)14;8-6-4-2-1-3-5(6)7(9)10/h1-3,7,12H,4,11H2,(H,13,14);1-4H,8H2,(H,9,10)/t7-;/m0./s1. The third-order valence-electron chi connectivity index (χ3n) is 2.98. The van der Waals surface area contributed by atoms with Gasteiger partial charge in [0.2, 0.25) is 0 Å². The Balaban J connectivity index is 0.000000254. The van der Waals surface area contributed by atoms with Crippen LogP contribution in [-0.4, -0.2) is 33.3 Å². The van der Waals surface area contributed by atoms with Crippen molar-refractivity contribution in [1.29, 1.82) is 0 Å². The molecule has 0 saturated carbocycles. The lowest BCUT2D eigenvalue weighted by Crippen LogP contribution is -2.32. The van der Waals surface area contributed by atoms with Crippen LogP contribution in [0.2, 0.25) is 5.02 Å². The molecular weight excluding hydrogens is 336 g/mol. The number of phenols is 1. The molecule has 2 aromatic carbocycles. The third-order valence-corrected chi connectivity index (χ3v) is 3.28. The summed E-state index contributed by atoms with van der Waals surface area (Å²) in [4.78, 5) is 20.8. The van der Waals surface area contributed by atoms with E-state index in [0.717, 1.165) is 0 Å². The zero-order valence-electron chi connectivity index (χ0n) is 12.5. The fourth-order valence-corrected chi connectivity index (χ4v) is 1.91. The van der Waals surface area contributed by atoms with Gasteiger partial charge in [-0.15, -0.1) is 0 Å². The number of benzene rings is 2. The maximum Gasteiger partial charge on any atom is 0.337 e. The van der Waals surface area contributed by atoms with E-state index in [-0.39, 0.29) is 22.8 Å². The molecule has 0 aromatic heterocycles. The normalized spacial score (nSPS) is 11.1. The minimum Gasteiger partial charge on any atom is -0.506 e. The SMILES string of the molecule is N[C@@H](Cc1ccc(O)c(Cl)c1)C(=O)O.Nc1ccccc1C(=O)O. The van der Waals surface area contributed by atoms with Crippen molar-refractivity contribution in [2.75, 3.05) is 5.73 Å². The first kappa shape index (κ1) is 19.3. The number of hydrogen-bond donors (Lipinski definition) is 5. The second-order valence-corrected chi connectivity index (χ2v) is 5.23. The van der Waals surface area contributed by atoms with Gasteiger partial charge in [0.1, 0.15) is 11.8 Å². The van der Waals surface area contributed by atoms with Gasteiger partial charge in [0.05, 0.1) is 10.6 Å². The summed E-state index contributed by atoms with van der Waals surface area (Å²) >= 11 is 5.64. The number of aromatic carboxylic acids is 1. The zero-order chi connectivity index (χ0) is 18.3. The summed E-state index contributed by atoms with van der Waals surface area (Å²) < 4.78 is 0. The van der Waals surface area contributed by atoms with Crippen LogP contribution in [0.3, 0.4) is 0 Å². The lowest BCUT2D eigenvalue weighted by molar-refractivity contribution is -0.138. The van der Waals surface area contributed by atoms with Crippen molar-refractivity contribution in [2.24, 2.45) is 5.73 Å². The van der Waals surface area contributed by atoms with Crippen LogP contribution < -0.4 is 11.5 Å². The smallest absolute Gasteiger partial charge is 0.337 e. The van der Waals surface area contributed by atoms with Crippen LogP contribution in [0.4, 0.5) is 5.69 Å². The van der Waals surface area contributed by atoms with E-state index in [1.54, 1.807) is 24.3 Å². The van der Waals surface area contributed by atoms with Crippen LogP contribution in [-0.2, 0) is 11.2 Å². The molecule has 0 aliphatic heterocycles. The van der Waals surface area contributed by atoms with Crippen molar-refractivity contribution in [2.45, 2.75) is 12.5 Å². The topological polar surface area (TPSA) is 147 Å². The number of rotatable bonds is 4. The van der Waals surface area contributed by atoms with Gasteiger partial charge in [-0.1, -0.05) is 29.8 Å². The lowest BCUT2D eigenvalue weighted by Gasteiger charge is -2.06. The molecule has 0 radical (unpaired) electrons. The molecule has 7 nitrogen and oxygen atoms in total. The van der Waals surface area contributed by atoms with Crippen LogP contribution >= 0.6 is 11.6 Å². The minimum atomic E-state index is -1.06. The molecule has 0 aliphatic carbocycles. The maximum atomic E-state index is 10.4. The Kier molecular flexibility index (Phi) is 7.03. The fraction of sp³-hybridized carbons (Fsp3) is 0.125. The van der Waals surface area contributed by atoms with E-state index in [9.17, 15) is 9.59 Å². The summed E-state index contributed by atoms with van der Waals surface area (Å²) in [5.41, 5.74) is 11.8. The fourth-order valence-electron chi connectivity index (χ4n) is 1.71. The van der Waals surface area contributed by atoms with Gasteiger partial charge in [-0.25, -0.2) is 4.79 Å². The molecule has 0 saturated heterocycles. The van der Waals surface area contributed by atoms with Gasteiger partial charge in [-0.3, -0.25) is 4.79 Å². The van der Waals surface area contributed by atoms with Crippen molar-refractivity contribution in [3.63, 3.8) is 0 Å². The summed E-state index contributed by atoms with van der Waals surface area (Å²) in [6, 6.07) is 9.91. The highest BCUT2D eigenvalue weighted by Gasteiger charge is 2.12. The van der Waals surface area contributed by atoms with E-state index in [1.165, 1.54) is 18.2 Å².